The van der Waals surface area contributed by atoms with Crippen LogP contribution in [0.25, 0.3) is 0 Å². The van der Waals surface area contributed by atoms with Crippen LogP contribution >= 0.6 is 0 Å². The van der Waals surface area contributed by atoms with Crippen LogP contribution in [0.5, 0.6) is 5.75 Å². The van der Waals surface area contributed by atoms with Crippen LogP contribution in [0.15, 0.2) is 48.5 Å². The molecule has 1 aliphatic carbocycles. The lowest BCUT2D eigenvalue weighted by atomic mass is 10.1. The second-order valence-electron chi connectivity index (χ2n) is 7.22. The Morgan fingerprint density at radius 1 is 1.07 bits per heavy atom. The van der Waals surface area contributed by atoms with Crippen LogP contribution in [-0.4, -0.2) is 31.1 Å². The SMILES string of the molecule is CCS(=O)(=O)N(Cc1ccc(OCCc2ccccc2F)cc1)C1CCCC1. The molecule has 0 aliphatic heterocycles. The molecular weight excluding hydrogens is 377 g/mol. The van der Waals surface area contributed by atoms with Crippen LogP contribution in [0.2, 0.25) is 0 Å². The van der Waals surface area contributed by atoms with Crippen LogP contribution in [0.4, 0.5) is 4.39 Å². The number of rotatable bonds is 9. The highest BCUT2D eigenvalue weighted by molar-refractivity contribution is 7.89. The van der Waals surface area contributed by atoms with Crippen molar-refractivity contribution in [1.29, 1.82) is 0 Å². The van der Waals surface area contributed by atoms with Gasteiger partial charge in [-0.15, -0.1) is 0 Å². The van der Waals surface area contributed by atoms with Crippen molar-refractivity contribution in [3.8, 4) is 5.75 Å². The maximum Gasteiger partial charge on any atom is 0.214 e. The van der Waals surface area contributed by atoms with Gasteiger partial charge in [-0.3, -0.25) is 0 Å². The summed E-state index contributed by atoms with van der Waals surface area (Å²) in [4.78, 5) is 0. The van der Waals surface area contributed by atoms with E-state index in [1.165, 1.54) is 6.07 Å². The van der Waals surface area contributed by atoms with E-state index in [1.807, 2.05) is 30.3 Å². The van der Waals surface area contributed by atoms with E-state index in [-0.39, 0.29) is 17.6 Å². The number of sulfonamides is 1. The molecule has 0 bridgehead atoms. The highest BCUT2D eigenvalue weighted by Crippen LogP contribution is 2.28. The molecule has 152 valence electrons. The van der Waals surface area contributed by atoms with Gasteiger partial charge < -0.3 is 4.74 Å². The van der Waals surface area contributed by atoms with Crippen molar-refractivity contribution in [3.63, 3.8) is 0 Å². The molecule has 0 aromatic heterocycles. The van der Waals surface area contributed by atoms with E-state index in [4.69, 9.17) is 4.74 Å². The monoisotopic (exact) mass is 405 g/mol. The fourth-order valence-corrected chi connectivity index (χ4v) is 5.01. The summed E-state index contributed by atoms with van der Waals surface area (Å²) in [6.07, 6.45) is 4.57. The van der Waals surface area contributed by atoms with Gasteiger partial charge in [-0.25, -0.2) is 12.8 Å². The van der Waals surface area contributed by atoms with Crippen LogP contribution in [0.3, 0.4) is 0 Å². The average Bonchev–Trinajstić information content (AvgIpc) is 3.23. The standard InChI is InChI=1S/C22H28FNO3S/c1-2-28(25,26)24(20-8-4-5-9-20)17-18-11-13-21(14-12-18)27-16-15-19-7-3-6-10-22(19)23/h3,6-7,10-14,20H,2,4-5,8-9,15-17H2,1H3. The predicted octanol–water partition coefficient (Wildman–Crippen LogP) is 4.54. The summed E-state index contributed by atoms with van der Waals surface area (Å²) >= 11 is 0. The molecule has 0 unspecified atom stereocenters. The first kappa shape index (κ1) is 20.8. The Morgan fingerprint density at radius 3 is 2.39 bits per heavy atom. The lowest BCUT2D eigenvalue weighted by molar-refractivity contribution is 0.314. The van der Waals surface area contributed by atoms with Crippen molar-refractivity contribution in [2.75, 3.05) is 12.4 Å². The van der Waals surface area contributed by atoms with E-state index in [1.54, 1.807) is 23.4 Å². The molecule has 2 aromatic rings. The molecule has 1 fully saturated rings. The zero-order valence-electron chi connectivity index (χ0n) is 16.3. The third-order valence-electron chi connectivity index (χ3n) is 5.31. The summed E-state index contributed by atoms with van der Waals surface area (Å²) in [6.45, 7) is 2.48. The fourth-order valence-electron chi connectivity index (χ4n) is 3.66. The minimum Gasteiger partial charge on any atom is -0.493 e. The molecule has 3 rings (SSSR count). The maximum absolute atomic E-state index is 13.6. The molecule has 0 saturated heterocycles. The summed E-state index contributed by atoms with van der Waals surface area (Å²) in [5, 5.41) is 0. The molecule has 0 N–H and O–H groups in total. The summed E-state index contributed by atoms with van der Waals surface area (Å²) in [5.41, 5.74) is 1.58. The molecule has 1 saturated carbocycles. The van der Waals surface area contributed by atoms with Gasteiger partial charge in [-0.05, 0) is 49.1 Å². The first-order chi connectivity index (χ1) is 13.5. The number of halogens is 1. The number of nitrogens with zero attached hydrogens (tertiary/aromatic N) is 1. The van der Waals surface area contributed by atoms with E-state index in [9.17, 15) is 12.8 Å². The van der Waals surface area contributed by atoms with E-state index < -0.39 is 10.0 Å². The summed E-state index contributed by atoms with van der Waals surface area (Å²) in [5.74, 6) is 0.609. The van der Waals surface area contributed by atoms with E-state index >= 15 is 0 Å². The molecule has 28 heavy (non-hydrogen) atoms. The Kier molecular flexibility index (Phi) is 7.08. The summed E-state index contributed by atoms with van der Waals surface area (Å²) < 4.78 is 46.1. The van der Waals surface area contributed by atoms with Crippen LogP contribution in [0.1, 0.15) is 43.7 Å². The van der Waals surface area contributed by atoms with Crippen LogP contribution in [-0.2, 0) is 23.0 Å². The van der Waals surface area contributed by atoms with Crippen molar-refractivity contribution in [2.24, 2.45) is 0 Å². The molecule has 0 heterocycles. The largest absolute Gasteiger partial charge is 0.493 e. The third-order valence-corrected chi connectivity index (χ3v) is 7.19. The molecule has 1 aliphatic rings. The highest BCUT2D eigenvalue weighted by atomic mass is 32.2. The maximum atomic E-state index is 13.6. The van der Waals surface area contributed by atoms with Crippen molar-refractivity contribution >= 4 is 10.0 Å². The number of hydrogen-bond acceptors (Lipinski definition) is 3. The van der Waals surface area contributed by atoms with E-state index in [0.717, 1.165) is 31.2 Å². The lowest BCUT2D eigenvalue weighted by Crippen LogP contribution is -2.39. The average molecular weight is 406 g/mol. The molecule has 0 atom stereocenters. The normalized spacial score (nSPS) is 15.2. The van der Waals surface area contributed by atoms with Gasteiger partial charge in [0.2, 0.25) is 10.0 Å². The summed E-state index contributed by atoms with van der Waals surface area (Å²) in [7, 11) is -3.23. The third kappa shape index (κ3) is 5.32. The first-order valence-electron chi connectivity index (χ1n) is 9.94. The quantitative estimate of drug-likeness (QED) is 0.615. The van der Waals surface area contributed by atoms with Gasteiger partial charge in [0.25, 0.3) is 0 Å². The van der Waals surface area contributed by atoms with Gasteiger partial charge >= 0.3 is 0 Å². The van der Waals surface area contributed by atoms with E-state index in [2.05, 4.69) is 0 Å². The van der Waals surface area contributed by atoms with E-state index in [0.29, 0.717) is 30.9 Å². The smallest absolute Gasteiger partial charge is 0.214 e. The van der Waals surface area contributed by atoms with Gasteiger partial charge in [0.15, 0.2) is 0 Å². The van der Waals surface area contributed by atoms with Crippen molar-refractivity contribution in [2.45, 2.75) is 51.6 Å². The first-order valence-corrected chi connectivity index (χ1v) is 11.5. The number of hydrogen-bond donors (Lipinski definition) is 0. The number of benzene rings is 2. The molecule has 2 aromatic carbocycles. The van der Waals surface area contributed by atoms with Crippen molar-refractivity contribution < 1.29 is 17.5 Å². The van der Waals surface area contributed by atoms with Gasteiger partial charge in [0.05, 0.1) is 12.4 Å². The van der Waals surface area contributed by atoms with Crippen molar-refractivity contribution in [3.05, 3.63) is 65.5 Å². The molecule has 4 nitrogen and oxygen atoms in total. The predicted molar refractivity (Wildman–Crippen MR) is 109 cm³/mol. The number of ether oxygens (including phenoxy) is 1. The Balaban J connectivity index is 1.59. The van der Waals surface area contributed by atoms with Crippen LogP contribution < -0.4 is 4.74 Å². The lowest BCUT2D eigenvalue weighted by Gasteiger charge is -2.27. The Labute approximate surface area is 167 Å². The molecular formula is C22H28FNO3S. The molecule has 0 spiro atoms. The highest BCUT2D eigenvalue weighted by Gasteiger charge is 2.30. The Morgan fingerprint density at radius 2 is 1.75 bits per heavy atom. The second kappa shape index (κ2) is 9.52. The Hall–Kier alpha value is -1.92. The Bertz CT molecular complexity index is 862. The minimum absolute atomic E-state index is 0.113. The van der Waals surface area contributed by atoms with Gasteiger partial charge in [-0.2, -0.15) is 4.31 Å². The molecule has 0 radical (unpaired) electrons. The molecule has 6 heteroatoms. The second-order valence-corrected chi connectivity index (χ2v) is 9.43. The van der Waals surface area contributed by atoms with Gasteiger partial charge in [-0.1, -0.05) is 43.2 Å². The zero-order valence-corrected chi connectivity index (χ0v) is 17.1. The topological polar surface area (TPSA) is 46.6 Å². The van der Waals surface area contributed by atoms with Crippen LogP contribution in [0, 0.1) is 5.82 Å². The fraction of sp³-hybridized carbons (Fsp3) is 0.455. The van der Waals surface area contributed by atoms with Crippen molar-refractivity contribution in [1.82, 2.24) is 4.31 Å². The van der Waals surface area contributed by atoms with Gasteiger partial charge in [0.1, 0.15) is 11.6 Å². The van der Waals surface area contributed by atoms with Gasteiger partial charge in [0, 0.05) is 19.0 Å². The zero-order chi connectivity index (χ0) is 20.0. The minimum atomic E-state index is -3.23. The summed E-state index contributed by atoms with van der Waals surface area (Å²) in [6, 6.07) is 14.3. The molecule has 0 amide bonds.